The van der Waals surface area contributed by atoms with Crippen LogP contribution >= 0.6 is 23.6 Å². The van der Waals surface area contributed by atoms with Gasteiger partial charge in [-0.05, 0) is 25.0 Å². The summed E-state index contributed by atoms with van der Waals surface area (Å²) in [5.41, 5.74) is 0.446. The predicted octanol–water partition coefficient (Wildman–Crippen LogP) is 3.90. The van der Waals surface area contributed by atoms with Gasteiger partial charge in [-0.25, -0.2) is 0 Å². The summed E-state index contributed by atoms with van der Waals surface area (Å²) in [7, 11) is 0. The molecule has 0 radical (unpaired) electrons. The Labute approximate surface area is 131 Å². The molecule has 0 unspecified atom stereocenters. The van der Waals surface area contributed by atoms with Crippen molar-refractivity contribution in [2.24, 2.45) is 0 Å². The molecular weight excluding hydrogens is 304 g/mol. The smallest absolute Gasteiger partial charge is 0.260 e. The number of carbonyl (C=O) groups excluding carboxylic acids is 1. The number of carbonyl (C=O) groups is 1. The van der Waals surface area contributed by atoms with E-state index in [1.165, 1.54) is 43.4 Å². The molecule has 2 N–H and O–H groups in total. The minimum Gasteiger partial charge on any atom is -0.352 e. The first-order valence-corrected chi connectivity index (χ1v) is 8.29. The summed E-state index contributed by atoms with van der Waals surface area (Å²) in [5.74, 6) is 0.254. The molecule has 0 bridgehead atoms. The van der Waals surface area contributed by atoms with Crippen LogP contribution in [0.15, 0.2) is 18.3 Å². The van der Waals surface area contributed by atoms with Crippen LogP contribution in [0, 0.1) is 4.64 Å². The summed E-state index contributed by atoms with van der Waals surface area (Å²) in [6.07, 6.45) is 7.87. The number of amides is 1. The molecule has 5 nitrogen and oxygen atoms in total. The van der Waals surface area contributed by atoms with Crippen LogP contribution in [0.25, 0.3) is 0 Å². The number of hydrogen-bond donors (Lipinski definition) is 2. The normalized spacial score (nSPS) is 15.8. The highest BCUT2D eigenvalue weighted by molar-refractivity contribution is 7.71. The van der Waals surface area contributed by atoms with Gasteiger partial charge in [0.1, 0.15) is 9.65 Å². The van der Waals surface area contributed by atoms with Crippen LogP contribution in [0.5, 0.6) is 0 Å². The van der Waals surface area contributed by atoms with Crippen molar-refractivity contribution >= 4 is 34.6 Å². The topological polar surface area (TPSA) is 70.7 Å². The molecule has 1 saturated carbocycles. The van der Waals surface area contributed by atoms with Gasteiger partial charge in [0, 0.05) is 12.1 Å². The summed E-state index contributed by atoms with van der Waals surface area (Å²) in [6, 6.07) is 3.44. The van der Waals surface area contributed by atoms with Crippen LogP contribution in [0.4, 0.5) is 5.13 Å². The van der Waals surface area contributed by atoms with Crippen molar-refractivity contribution < 1.29 is 4.79 Å². The molecule has 7 heteroatoms. The molecule has 0 atom stereocenters. The molecule has 2 heterocycles. The summed E-state index contributed by atoms with van der Waals surface area (Å²) in [5, 5.41) is 12.7. The molecule has 110 valence electrons. The van der Waals surface area contributed by atoms with Crippen LogP contribution < -0.4 is 5.32 Å². The number of nitrogens with one attached hydrogen (secondary N) is 2. The maximum Gasteiger partial charge on any atom is 0.260 e. The van der Waals surface area contributed by atoms with Gasteiger partial charge in [0.05, 0.1) is 5.56 Å². The molecule has 0 spiro atoms. The Morgan fingerprint density at radius 3 is 2.90 bits per heavy atom. The zero-order valence-electron chi connectivity index (χ0n) is 11.5. The maximum absolute atomic E-state index is 12.2. The third-order valence-corrected chi connectivity index (χ3v) is 5.02. The fourth-order valence-corrected chi connectivity index (χ4v) is 3.70. The Morgan fingerprint density at radius 1 is 1.33 bits per heavy atom. The monoisotopic (exact) mass is 320 g/mol. The average molecular weight is 320 g/mol. The number of anilines is 1. The number of nitrogens with zero attached hydrogens (tertiary/aromatic N) is 2. The van der Waals surface area contributed by atoms with Gasteiger partial charge < -0.3 is 4.98 Å². The predicted molar refractivity (Wildman–Crippen MR) is 85.3 cm³/mol. The van der Waals surface area contributed by atoms with Crippen molar-refractivity contribution in [3.63, 3.8) is 0 Å². The Balaban J connectivity index is 1.71. The van der Waals surface area contributed by atoms with Crippen molar-refractivity contribution in [2.45, 2.75) is 38.0 Å². The summed E-state index contributed by atoms with van der Waals surface area (Å²) in [4.78, 5) is 15.0. The maximum atomic E-state index is 12.2. The highest BCUT2D eigenvalue weighted by Crippen LogP contribution is 2.35. The molecule has 0 saturated heterocycles. The Morgan fingerprint density at radius 2 is 2.14 bits per heavy atom. The van der Waals surface area contributed by atoms with Gasteiger partial charge in [-0.2, -0.15) is 0 Å². The quantitative estimate of drug-likeness (QED) is 0.842. The zero-order chi connectivity index (χ0) is 14.7. The summed E-state index contributed by atoms with van der Waals surface area (Å²) < 4.78 is 0.423. The van der Waals surface area contributed by atoms with Gasteiger partial charge in [0.25, 0.3) is 5.91 Å². The van der Waals surface area contributed by atoms with Crippen LogP contribution in [-0.4, -0.2) is 21.1 Å². The minimum atomic E-state index is -0.247. The van der Waals surface area contributed by atoms with Crippen LogP contribution in [0.2, 0.25) is 0 Å². The van der Waals surface area contributed by atoms with Gasteiger partial charge in [0.2, 0.25) is 5.13 Å². The molecule has 1 amide bonds. The van der Waals surface area contributed by atoms with Crippen molar-refractivity contribution in [3.8, 4) is 0 Å². The lowest BCUT2D eigenvalue weighted by molar-refractivity contribution is 0.102. The van der Waals surface area contributed by atoms with Crippen LogP contribution in [-0.2, 0) is 0 Å². The van der Waals surface area contributed by atoms with Gasteiger partial charge in [-0.15, -0.1) is 10.2 Å². The van der Waals surface area contributed by atoms with E-state index in [0.29, 0.717) is 21.3 Å². The molecule has 0 aliphatic heterocycles. The molecule has 2 aromatic rings. The third-order valence-electron chi connectivity index (χ3n) is 3.68. The molecule has 1 aliphatic rings. The SMILES string of the molecule is O=C(Nc1nnc(C2CCCCC2)s1)c1ccc[nH]c1=S. The van der Waals surface area contributed by atoms with Crippen LogP contribution in [0.1, 0.15) is 53.4 Å². The van der Waals surface area contributed by atoms with E-state index < -0.39 is 0 Å². The highest BCUT2D eigenvalue weighted by Gasteiger charge is 2.20. The fraction of sp³-hybridized carbons (Fsp3) is 0.429. The second-order valence-corrected chi connectivity index (χ2v) is 6.56. The molecule has 1 fully saturated rings. The average Bonchev–Trinajstić information content (AvgIpc) is 2.97. The second-order valence-electron chi connectivity index (χ2n) is 5.15. The lowest BCUT2D eigenvalue weighted by Crippen LogP contribution is -2.12. The van der Waals surface area contributed by atoms with Crippen molar-refractivity contribution in [3.05, 3.63) is 33.5 Å². The van der Waals surface area contributed by atoms with E-state index in [-0.39, 0.29) is 5.91 Å². The number of rotatable bonds is 3. The van der Waals surface area contributed by atoms with Crippen molar-refractivity contribution in [1.29, 1.82) is 0 Å². The number of H-pyrrole nitrogens is 1. The number of aromatic nitrogens is 3. The molecule has 1 aliphatic carbocycles. The first-order valence-electron chi connectivity index (χ1n) is 7.06. The van der Waals surface area contributed by atoms with E-state index in [2.05, 4.69) is 20.5 Å². The number of hydrogen-bond acceptors (Lipinski definition) is 5. The van der Waals surface area contributed by atoms with E-state index in [9.17, 15) is 4.79 Å². The number of aromatic amines is 1. The van der Waals surface area contributed by atoms with E-state index in [1.54, 1.807) is 18.3 Å². The summed E-state index contributed by atoms with van der Waals surface area (Å²) >= 11 is 6.57. The number of pyridine rings is 1. The Kier molecular flexibility index (Phi) is 4.40. The van der Waals surface area contributed by atoms with Crippen LogP contribution in [0.3, 0.4) is 0 Å². The van der Waals surface area contributed by atoms with Gasteiger partial charge >= 0.3 is 0 Å². The van der Waals surface area contributed by atoms with E-state index in [4.69, 9.17) is 12.2 Å². The van der Waals surface area contributed by atoms with Gasteiger partial charge in [0.15, 0.2) is 0 Å². The van der Waals surface area contributed by atoms with E-state index in [1.807, 2.05) is 0 Å². The molecule has 2 aromatic heterocycles. The molecule has 21 heavy (non-hydrogen) atoms. The van der Waals surface area contributed by atoms with E-state index >= 15 is 0 Å². The Hall–Kier alpha value is -1.60. The third kappa shape index (κ3) is 3.36. The highest BCUT2D eigenvalue weighted by atomic mass is 32.1. The lowest BCUT2D eigenvalue weighted by Gasteiger charge is -2.18. The molecule has 0 aromatic carbocycles. The second kappa shape index (κ2) is 6.44. The van der Waals surface area contributed by atoms with Crippen molar-refractivity contribution in [1.82, 2.24) is 15.2 Å². The van der Waals surface area contributed by atoms with Crippen molar-refractivity contribution in [2.75, 3.05) is 5.32 Å². The van der Waals surface area contributed by atoms with Gasteiger partial charge in [-0.1, -0.05) is 42.8 Å². The van der Waals surface area contributed by atoms with E-state index in [0.717, 1.165) is 5.01 Å². The molecule has 3 rings (SSSR count). The largest absolute Gasteiger partial charge is 0.352 e. The minimum absolute atomic E-state index is 0.247. The van der Waals surface area contributed by atoms with Gasteiger partial charge in [-0.3, -0.25) is 10.1 Å². The fourth-order valence-electron chi connectivity index (χ4n) is 2.56. The standard InChI is InChI=1S/C14H16N4OS2/c19-11(10-7-4-8-15-12(10)20)16-14-18-17-13(21-14)9-5-2-1-3-6-9/h4,7-9H,1-3,5-6H2,(H,15,20)(H,16,18,19). The zero-order valence-corrected chi connectivity index (χ0v) is 13.1. The summed E-state index contributed by atoms with van der Waals surface area (Å²) in [6.45, 7) is 0. The first kappa shape index (κ1) is 14.3. The lowest BCUT2D eigenvalue weighted by atomic mass is 9.90. The first-order chi connectivity index (χ1) is 10.2. The molecular formula is C14H16N4OS2. The Bertz CT molecular complexity index is 688.